The van der Waals surface area contributed by atoms with Gasteiger partial charge in [-0.2, -0.15) is 5.10 Å². The van der Waals surface area contributed by atoms with E-state index in [0.717, 1.165) is 28.9 Å². The third-order valence-electron chi connectivity index (χ3n) is 5.12. The Balaban J connectivity index is 1.47. The van der Waals surface area contributed by atoms with Crippen LogP contribution in [0.5, 0.6) is 5.75 Å². The first-order valence-electron chi connectivity index (χ1n) is 10.5. The van der Waals surface area contributed by atoms with Crippen LogP contribution >= 0.6 is 0 Å². The Bertz CT molecular complexity index is 941. The van der Waals surface area contributed by atoms with E-state index >= 15 is 0 Å². The molecule has 7 nitrogen and oxygen atoms in total. The van der Waals surface area contributed by atoms with Crippen molar-refractivity contribution in [1.29, 1.82) is 0 Å². The number of hydrogen-bond acceptors (Lipinski definition) is 5. The summed E-state index contributed by atoms with van der Waals surface area (Å²) >= 11 is 0. The molecule has 3 rings (SSSR count). The summed E-state index contributed by atoms with van der Waals surface area (Å²) in [5, 5.41) is 19.5. The van der Waals surface area contributed by atoms with E-state index in [2.05, 4.69) is 15.5 Å². The highest BCUT2D eigenvalue weighted by Gasteiger charge is 2.14. The Morgan fingerprint density at radius 3 is 2.61 bits per heavy atom. The van der Waals surface area contributed by atoms with E-state index < -0.39 is 0 Å². The number of carbonyl (C=O) groups excluding carboxylic acids is 1. The molecule has 7 heteroatoms. The van der Waals surface area contributed by atoms with E-state index in [1.54, 1.807) is 30.5 Å². The van der Waals surface area contributed by atoms with E-state index in [1.165, 1.54) is 0 Å². The number of aromatic amines is 1. The topological polar surface area (TPSA) is 90.5 Å². The van der Waals surface area contributed by atoms with Gasteiger partial charge in [-0.25, -0.2) is 0 Å². The second kappa shape index (κ2) is 11.2. The minimum Gasteiger partial charge on any atom is -0.508 e. The molecule has 3 aromatic rings. The Morgan fingerprint density at radius 2 is 1.94 bits per heavy atom. The zero-order valence-electron chi connectivity index (χ0n) is 18.0. The van der Waals surface area contributed by atoms with E-state index in [4.69, 9.17) is 4.74 Å². The third-order valence-corrected chi connectivity index (χ3v) is 5.12. The maximum atomic E-state index is 12.6. The lowest BCUT2D eigenvalue weighted by atomic mass is 10.1. The van der Waals surface area contributed by atoms with Crippen LogP contribution in [0.3, 0.4) is 0 Å². The number of anilines is 1. The van der Waals surface area contributed by atoms with Crippen molar-refractivity contribution >= 4 is 11.6 Å². The number of H-pyrrole nitrogens is 1. The smallest absolute Gasteiger partial charge is 0.239 e. The molecule has 0 aliphatic rings. The van der Waals surface area contributed by atoms with Gasteiger partial charge in [0.15, 0.2) is 0 Å². The molecule has 0 aliphatic heterocycles. The first kappa shape index (κ1) is 22.4. The van der Waals surface area contributed by atoms with Gasteiger partial charge >= 0.3 is 0 Å². The van der Waals surface area contributed by atoms with Crippen LogP contribution in [0.25, 0.3) is 0 Å². The van der Waals surface area contributed by atoms with Crippen molar-refractivity contribution in [3.05, 3.63) is 77.6 Å². The van der Waals surface area contributed by atoms with Gasteiger partial charge in [0.1, 0.15) is 5.75 Å². The number of benzene rings is 2. The van der Waals surface area contributed by atoms with Crippen LogP contribution in [-0.2, 0) is 16.1 Å². The van der Waals surface area contributed by atoms with Crippen LogP contribution in [0.2, 0.25) is 0 Å². The minimum absolute atomic E-state index is 0.0279. The molecular weight excluding hydrogens is 392 g/mol. The molecule has 0 aliphatic carbocycles. The molecule has 2 aromatic carbocycles. The summed E-state index contributed by atoms with van der Waals surface area (Å²) in [4.78, 5) is 14.5. The number of ether oxygens (including phenoxy) is 1. The first-order chi connectivity index (χ1) is 15.0. The monoisotopic (exact) mass is 422 g/mol. The quantitative estimate of drug-likeness (QED) is 0.410. The van der Waals surface area contributed by atoms with E-state index in [1.807, 2.05) is 49.1 Å². The summed E-state index contributed by atoms with van der Waals surface area (Å²) in [6.07, 6.45) is 2.54. The second-order valence-electron chi connectivity index (χ2n) is 7.52. The van der Waals surface area contributed by atoms with Gasteiger partial charge in [0, 0.05) is 36.6 Å². The summed E-state index contributed by atoms with van der Waals surface area (Å²) in [6, 6.07) is 16.9. The lowest BCUT2D eigenvalue weighted by Gasteiger charge is -2.24. The Kier molecular flexibility index (Phi) is 8.06. The third kappa shape index (κ3) is 6.86. The van der Waals surface area contributed by atoms with Crippen LogP contribution in [0, 0.1) is 6.92 Å². The number of phenolic OH excluding ortho intramolecular Hbond substituents is 1. The van der Waals surface area contributed by atoms with Crippen molar-refractivity contribution < 1.29 is 14.6 Å². The number of hydrogen-bond donors (Lipinski definition) is 3. The van der Waals surface area contributed by atoms with Gasteiger partial charge in [-0.1, -0.05) is 30.3 Å². The summed E-state index contributed by atoms with van der Waals surface area (Å²) in [6.45, 7) is 5.85. The predicted octanol–water partition coefficient (Wildman–Crippen LogP) is 3.71. The van der Waals surface area contributed by atoms with E-state index in [0.29, 0.717) is 19.7 Å². The van der Waals surface area contributed by atoms with E-state index in [-0.39, 0.29) is 24.3 Å². The highest BCUT2D eigenvalue weighted by Crippen LogP contribution is 2.21. The van der Waals surface area contributed by atoms with Gasteiger partial charge < -0.3 is 20.1 Å². The van der Waals surface area contributed by atoms with Crippen molar-refractivity contribution in [2.45, 2.75) is 32.9 Å². The van der Waals surface area contributed by atoms with Gasteiger partial charge in [0.2, 0.25) is 5.91 Å². The van der Waals surface area contributed by atoms with Gasteiger partial charge in [-0.05, 0) is 50.1 Å². The zero-order chi connectivity index (χ0) is 22.1. The summed E-state index contributed by atoms with van der Waals surface area (Å²) < 4.78 is 5.86. The number of aromatic hydroxyl groups is 1. The summed E-state index contributed by atoms with van der Waals surface area (Å²) in [5.74, 6) is 0.128. The second-order valence-corrected chi connectivity index (χ2v) is 7.52. The number of phenols is 1. The molecule has 164 valence electrons. The molecule has 3 N–H and O–H groups in total. The van der Waals surface area contributed by atoms with E-state index in [9.17, 15) is 9.90 Å². The zero-order valence-corrected chi connectivity index (χ0v) is 18.0. The molecule has 1 unspecified atom stereocenters. The Morgan fingerprint density at radius 1 is 1.19 bits per heavy atom. The molecule has 31 heavy (non-hydrogen) atoms. The number of nitrogens with one attached hydrogen (secondary N) is 2. The van der Waals surface area contributed by atoms with Crippen molar-refractivity contribution in [3.63, 3.8) is 0 Å². The number of carbonyl (C=O) groups is 1. The van der Waals surface area contributed by atoms with Gasteiger partial charge in [-0.3, -0.25) is 9.89 Å². The Labute approximate surface area is 183 Å². The summed E-state index contributed by atoms with van der Waals surface area (Å²) in [5.41, 5.74) is 3.98. The van der Waals surface area contributed by atoms with Crippen molar-refractivity contribution in [3.8, 4) is 5.75 Å². The normalized spacial score (nSPS) is 11.8. The number of rotatable bonds is 11. The number of aromatic nitrogens is 2. The van der Waals surface area contributed by atoms with Gasteiger partial charge in [0.05, 0.1) is 18.8 Å². The molecule has 0 saturated heterocycles. The fraction of sp³-hybridized carbons (Fsp3) is 0.333. The molecule has 0 fully saturated rings. The molecule has 1 atom stereocenters. The highest BCUT2D eigenvalue weighted by molar-refractivity contribution is 5.81. The highest BCUT2D eigenvalue weighted by atomic mass is 16.5. The van der Waals surface area contributed by atoms with Crippen LogP contribution in [0.1, 0.15) is 36.3 Å². The predicted molar refractivity (Wildman–Crippen MR) is 121 cm³/mol. The maximum absolute atomic E-state index is 12.6. The molecule has 1 aromatic heterocycles. The van der Waals surface area contributed by atoms with Crippen LogP contribution in [0.4, 0.5) is 5.69 Å². The number of amides is 1. The van der Waals surface area contributed by atoms with Crippen molar-refractivity contribution in [2.24, 2.45) is 0 Å². The van der Waals surface area contributed by atoms with Crippen LogP contribution in [-0.4, -0.2) is 40.9 Å². The lowest BCUT2D eigenvalue weighted by Crippen LogP contribution is -2.37. The molecule has 1 heterocycles. The largest absolute Gasteiger partial charge is 0.508 e. The molecule has 0 bridgehead atoms. The van der Waals surface area contributed by atoms with Crippen LogP contribution in [0.15, 0.2) is 60.8 Å². The average molecular weight is 423 g/mol. The fourth-order valence-corrected chi connectivity index (χ4v) is 3.25. The lowest BCUT2D eigenvalue weighted by molar-refractivity contribution is -0.119. The van der Waals surface area contributed by atoms with Gasteiger partial charge in [-0.15, -0.1) is 0 Å². The number of nitrogens with zero attached hydrogens (tertiary/aromatic N) is 2. The molecule has 0 spiro atoms. The standard InChI is InChI=1S/C24H30N4O3/c1-18-21(15-26-27-18)16-28(22-9-11-23(29)12-10-22)17-24(30)25-13-6-14-31-19(2)20-7-4-3-5-8-20/h3-5,7-12,15,19,29H,6,13-14,16-17H2,1-2H3,(H,25,30)(H,26,27). The molecular formula is C24H30N4O3. The molecule has 1 amide bonds. The average Bonchev–Trinajstić information content (AvgIpc) is 3.18. The first-order valence-corrected chi connectivity index (χ1v) is 10.5. The Hall–Kier alpha value is -3.32. The summed E-state index contributed by atoms with van der Waals surface area (Å²) in [7, 11) is 0. The maximum Gasteiger partial charge on any atom is 0.239 e. The van der Waals surface area contributed by atoms with Crippen LogP contribution < -0.4 is 10.2 Å². The van der Waals surface area contributed by atoms with Gasteiger partial charge in [0.25, 0.3) is 0 Å². The number of aryl methyl sites for hydroxylation is 1. The SMILES string of the molecule is Cc1[nH]ncc1CN(CC(=O)NCCCOC(C)c1ccccc1)c1ccc(O)cc1. The fourth-order valence-electron chi connectivity index (χ4n) is 3.25. The van der Waals surface area contributed by atoms with Crippen molar-refractivity contribution in [1.82, 2.24) is 15.5 Å². The molecule has 0 radical (unpaired) electrons. The minimum atomic E-state index is -0.0645. The van der Waals surface area contributed by atoms with Crippen molar-refractivity contribution in [2.75, 3.05) is 24.6 Å². The molecule has 0 saturated carbocycles.